The zero-order valence-electron chi connectivity index (χ0n) is 9.19. The fourth-order valence-corrected chi connectivity index (χ4v) is 1.33. The second-order valence-electron chi connectivity index (χ2n) is 3.44. The summed E-state index contributed by atoms with van der Waals surface area (Å²) in [5, 5.41) is 8.85. The Hall–Kier alpha value is -2.71. The molecule has 0 spiro atoms. The zero-order valence-corrected chi connectivity index (χ0v) is 9.19. The highest BCUT2D eigenvalue weighted by Crippen LogP contribution is 1.88. The van der Waals surface area contributed by atoms with E-state index in [0.29, 0.717) is 18.8 Å². The first-order chi connectivity index (χ1) is 8.65. The van der Waals surface area contributed by atoms with E-state index in [1.807, 2.05) is 4.98 Å². The Bertz CT molecular complexity index is 613. The first-order valence-electron chi connectivity index (χ1n) is 5.11. The topological polar surface area (TPSA) is 136 Å². The Balaban J connectivity index is 1.95. The number of aromatic nitrogens is 5. The number of hydrogen-bond donors (Lipinski definition) is 4. The highest BCUT2D eigenvalue weighted by molar-refractivity contribution is 5.91. The molecule has 0 saturated carbocycles. The standard InChI is InChI=1S/C9H10N6O3/c16-7-3-5(13-9(18)14-7)8(17)10-2-1-6-11-4-12-15-6/h3-4H,1-2H2,(H,10,17)(H,11,12,15)(H2,13,14,16,18). The lowest BCUT2D eigenvalue weighted by molar-refractivity contribution is 0.0948. The largest absolute Gasteiger partial charge is 0.350 e. The Kier molecular flexibility index (Phi) is 3.32. The SMILES string of the molecule is O=C(NCCc1ncn[nH]1)c1cc(=O)[nH]c(=O)[nH]1. The molecule has 0 aliphatic rings. The molecule has 0 saturated heterocycles. The lowest BCUT2D eigenvalue weighted by Crippen LogP contribution is -2.32. The van der Waals surface area contributed by atoms with Crippen molar-refractivity contribution in [3.63, 3.8) is 0 Å². The van der Waals surface area contributed by atoms with Gasteiger partial charge in [0.2, 0.25) is 0 Å². The minimum absolute atomic E-state index is 0.0821. The van der Waals surface area contributed by atoms with Gasteiger partial charge in [0.25, 0.3) is 11.5 Å². The molecule has 94 valence electrons. The summed E-state index contributed by atoms with van der Waals surface area (Å²) in [5.74, 6) is 0.104. The van der Waals surface area contributed by atoms with Crippen molar-refractivity contribution in [2.45, 2.75) is 6.42 Å². The number of carbonyl (C=O) groups is 1. The van der Waals surface area contributed by atoms with Crippen molar-refractivity contribution in [1.82, 2.24) is 30.5 Å². The number of hydrogen-bond acceptors (Lipinski definition) is 5. The maximum atomic E-state index is 11.6. The predicted molar refractivity (Wildman–Crippen MR) is 60.1 cm³/mol. The Morgan fingerprint density at radius 1 is 1.33 bits per heavy atom. The lowest BCUT2D eigenvalue weighted by Gasteiger charge is -2.02. The highest BCUT2D eigenvalue weighted by atomic mass is 16.2. The molecule has 2 aromatic heterocycles. The molecule has 9 nitrogen and oxygen atoms in total. The number of H-pyrrole nitrogens is 3. The summed E-state index contributed by atoms with van der Waals surface area (Å²) in [7, 11) is 0. The van der Waals surface area contributed by atoms with Crippen LogP contribution in [-0.2, 0) is 6.42 Å². The quantitative estimate of drug-likeness (QED) is 0.505. The van der Waals surface area contributed by atoms with Crippen LogP contribution in [0.5, 0.6) is 0 Å². The number of rotatable bonds is 4. The van der Waals surface area contributed by atoms with E-state index >= 15 is 0 Å². The molecule has 2 heterocycles. The number of aromatic amines is 3. The van der Waals surface area contributed by atoms with E-state index in [-0.39, 0.29) is 5.69 Å². The molecule has 0 aromatic carbocycles. The molecule has 0 aliphatic carbocycles. The smallest absolute Gasteiger partial charge is 0.326 e. The first-order valence-corrected chi connectivity index (χ1v) is 5.11. The third kappa shape index (κ3) is 2.90. The van der Waals surface area contributed by atoms with Crippen LogP contribution in [-0.4, -0.2) is 37.6 Å². The molecule has 1 amide bonds. The fourth-order valence-electron chi connectivity index (χ4n) is 1.33. The highest BCUT2D eigenvalue weighted by Gasteiger charge is 2.07. The van der Waals surface area contributed by atoms with E-state index in [4.69, 9.17) is 0 Å². The number of nitrogens with one attached hydrogen (secondary N) is 4. The molecule has 9 heteroatoms. The monoisotopic (exact) mass is 250 g/mol. The molecule has 0 atom stereocenters. The van der Waals surface area contributed by atoms with Crippen LogP contribution in [0.25, 0.3) is 0 Å². The van der Waals surface area contributed by atoms with Gasteiger partial charge in [-0.15, -0.1) is 0 Å². The minimum Gasteiger partial charge on any atom is -0.350 e. The molecule has 2 rings (SSSR count). The van der Waals surface area contributed by atoms with Crippen molar-refractivity contribution in [2.75, 3.05) is 6.54 Å². The molecule has 0 unspecified atom stereocenters. The van der Waals surface area contributed by atoms with Gasteiger partial charge in [0.15, 0.2) is 0 Å². The van der Waals surface area contributed by atoms with Crippen LogP contribution in [0.1, 0.15) is 16.3 Å². The van der Waals surface area contributed by atoms with Crippen LogP contribution in [0.3, 0.4) is 0 Å². The van der Waals surface area contributed by atoms with E-state index < -0.39 is 17.2 Å². The zero-order chi connectivity index (χ0) is 13.0. The van der Waals surface area contributed by atoms with Gasteiger partial charge in [0.1, 0.15) is 17.8 Å². The van der Waals surface area contributed by atoms with Crippen molar-refractivity contribution < 1.29 is 4.79 Å². The molecular formula is C9H10N6O3. The lowest BCUT2D eigenvalue weighted by atomic mass is 10.3. The molecule has 0 fully saturated rings. The first kappa shape index (κ1) is 11.8. The van der Waals surface area contributed by atoms with Crippen LogP contribution in [0, 0.1) is 0 Å². The summed E-state index contributed by atoms with van der Waals surface area (Å²) in [6.07, 6.45) is 1.84. The van der Waals surface area contributed by atoms with Gasteiger partial charge >= 0.3 is 5.69 Å². The van der Waals surface area contributed by atoms with Crippen LogP contribution in [0.4, 0.5) is 0 Å². The number of carbonyl (C=O) groups excluding carboxylic acids is 1. The van der Waals surface area contributed by atoms with E-state index in [2.05, 4.69) is 25.5 Å². The Morgan fingerprint density at radius 3 is 2.83 bits per heavy atom. The van der Waals surface area contributed by atoms with Crippen molar-refractivity contribution in [3.05, 3.63) is 44.8 Å². The Morgan fingerprint density at radius 2 is 2.17 bits per heavy atom. The van der Waals surface area contributed by atoms with Crippen molar-refractivity contribution in [1.29, 1.82) is 0 Å². The second kappa shape index (κ2) is 5.08. The maximum Gasteiger partial charge on any atom is 0.326 e. The van der Waals surface area contributed by atoms with Crippen LogP contribution < -0.4 is 16.6 Å². The average Bonchev–Trinajstić information content (AvgIpc) is 2.80. The van der Waals surface area contributed by atoms with Crippen LogP contribution in [0.15, 0.2) is 22.0 Å². The van der Waals surface area contributed by atoms with Gasteiger partial charge in [-0.25, -0.2) is 9.78 Å². The van der Waals surface area contributed by atoms with E-state index in [1.165, 1.54) is 6.33 Å². The third-order valence-corrected chi connectivity index (χ3v) is 2.12. The van der Waals surface area contributed by atoms with E-state index in [9.17, 15) is 14.4 Å². The fraction of sp³-hybridized carbons (Fsp3) is 0.222. The summed E-state index contributed by atoms with van der Waals surface area (Å²) >= 11 is 0. The number of amides is 1. The molecule has 2 aromatic rings. The van der Waals surface area contributed by atoms with E-state index in [0.717, 1.165) is 6.07 Å². The van der Waals surface area contributed by atoms with Gasteiger partial charge in [-0.1, -0.05) is 0 Å². The van der Waals surface area contributed by atoms with Gasteiger partial charge in [-0.05, 0) is 0 Å². The predicted octanol–water partition coefficient (Wildman–Crippen LogP) is -1.85. The van der Waals surface area contributed by atoms with Gasteiger partial charge < -0.3 is 10.3 Å². The van der Waals surface area contributed by atoms with Crippen molar-refractivity contribution in [3.8, 4) is 0 Å². The molecule has 0 bridgehead atoms. The summed E-state index contributed by atoms with van der Waals surface area (Å²) in [4.78, 5) is 41.6. The molecule has 0 aliphatic heterocycles. The van der Waals surface area contributed by atoms with Crippen molar-refractivity contribution in [2.24, 2.45) is 0 Å². The molecular weight excluding hydrogens is 240 g/mol. The van der Waals surface area contributed by atoms with Gasteiger partial charge in [0, 0.05) is 19.0 Å². The summed E-state index contributed by atoms with van der Waals surface area (Å²) in [6, 6.07) is 1.02. The second-order valence-corrected chi connectivity index (χ2v) is 3.44. The van der Waals surface area contributed by atoms with Gasteiger partial charge in [0.05, 0.1) is 0 Å². The van der Waals surface area contributed by atoms with Crippen molar-refractivity contribution >= 4 is 5.91 Å². The maximum absolute atomic E-state index is 11.6. The van der Waals surface area contributed by atoms with E-state index in [1.54, 1.807) is 0 Å². The molecule has 0 radical (unpaired) electrons. The molecule has 4 N–H and O–H groups in total. The van der Waals surface area contributed by atoms with Crippen LogP contribution in [0.2, 0.25) is 0 Å². The summed E-state index contributed by atoms with van der Waals surface area (Å²) in [5.41, 5.74) is -1.43. The van der Waals surface area contributed by atoms with Crippen LogP contribution >= 0.6 is 0 Å². The molecule has 18 heavy (non-hydrogen) atoms. The average molecular weight is 250 g/mol. The Labute approximate surface area is 99.7 Å². The summed E-state index contributed by atoms with van der Waals surface area (Å²) in [6.45, 7) is 0.308. The van der Waals surface area contributed by atoms with Gasteiger partial charge in [-0.2, -0.15) is 5.10 Å². The summed E-state index contributed by atoms with van der Waals surface area (Å²) < 4.78 is 0. The van der Waals surface area contributed by atoms with Gasteiger partial charge in [-0.3, -0.25) is 19.7 Å². The third-order valence-electron chi connectivity index (χ3n) is 2.12. The number of nitrogens with zero attached hydrogens (tertiary/aromatic N) is 2. The normalized spacial score (nSPS) is 10.2. The minimum atomic E-state index is -0.720.